The lowest BCUT2D eigenvalue weighted by Gasteiger charge is -2.24. The van der Waals surface area contributed by atoms with E-state index in [0.29, 0.717) is 12.2 Å². The monoisotopic (exact) mass is 313 g/mol. The van der Waals surface area contributed by atoms with E-state index >= 15 is 0 Å². The van der Waals surface area contributed by atoms with Crippen LogP contribution in [0.25, 0.3) is 0 Å². The van der Waals surface area contributed by atoms with E-state index in [9.17, 15) is 14.4 Å². The number of allylic oxidation sites excluding steroid dienone is 2. The molecule has 0 spiro atoms. The number of carbonyl (C=O) groups excluding carboxylic acids is 3. The summed E-state index contributed by atoms with van der Waals surface area (Å²) in [6.45, 7) is 0. The molecule has 0 radical (unpaired) electrons. The highest BCUT2D eigenvalue weighted by atomic mass is 35.5. The molecule has 0 N–H and O–H groups in total. The summed E-state index contributed by atoms with van der Waals surface area (Å²) in [4.78, 5) is 37.9. The highest BCUT2D eigenvalue weighted by Crippen LogP contribution is 2.53. The van der Waals surface area contributed by atoms with Crippen molar-refractivity contribution in [1.82, 2.24) is 4.90 Å². The van der Waals surface area contributed by atoms with Gasteiger partial charge in [-0.25, -0.2) is 0 Å². The number of nitrogens with zero attached hydrogens (tertiary/aromatic N) is 1. The fourth-order valence-electron chi connectivity index (χ4n) is 3.81. The predicted octanol–water partition coefficient (Wildman–Crippen LogP) is 1.68. The number of hydrogen-bond donors (Lipinski definition) is 0. The zero-order valence-corrected chi connectivity index (χ0v) is 12.7. The molecule has 0 aromatic heterocycles. The number of carbonyl (C=O) groups is 3. The second-order valence-corrected chi connectivity index (χ2v) is 7.01. The van der Waals surface area contributed by atoms with Crippen molar-refractivity contribution in [2.75, 3.05) is 12.0 Å². The molecule has 5 atom stereocenters. The van der Waals surface area contributed by atoms with E-state index in [0.717, 1.165) is 11.3 Å². The van der Waals surface area contributed by atoms with Crippen molar-refractivity contribution < 1.29 is 14.4 Å². The molecule has 3 rings (SSSR count). The molecule has 2 amide bonds. The summed E-state index contributed by atoms with van der Waals surface area (Å²) in [5.41, 5.74) is 0. The van der Waals surface area contributed by atoms with Gasteiger partial charge in [-0.05, 0) is 48.3 Å². The molecule has 1 saturated heterocycles. The standard InChI is InChI=1S/C14H16ClNO3S/c1-20-5-4-9(12(15)17)16-13(18)10-7-2-3-8(6-7)11(10)14(16)19/h2-3,7-11H,4-6H2,1H3. The first-order chi connectivity index (χ1) is 9.56. The molecular weight excluding hydrogens is 298 g/mol. The lowest BCUT2D eigenvalue weighted by molar-refractivity contribution is -0.146. The van der Waals surface area contributed by atoms with Crippen LogP contribution in [0.2, 0.25) is 0 Å². The number of halogens is 1. The Morgan fingerprint density at radius 2 is 1.90 bits per heavy atom. The first kappa shape index (κ1) is 14.1. The van der Waals surface area contributed by atoms with E-state index in [1.807, 2.05) is 18.4 Å². The van der Waals surface area contributed by atoms with Gasteiger partial charge in [0.05, 0.1) is 11.8 Å². The average Bonchev–Trinajstić information content (AvgIpc) is 3.07. The molecule has 1 saturated carbocycles. The summed E-state index contributed by atoms with van der Waals surface area (Å²) in [5.74, 6) is 0.112. The number of likely N-dealkylation sites (tertiary alicyclic amines) is 1. The zero-order valence-electron chi connectivity index (χ0n) is 11.1. The maximum atomic E-state index is 12.5. The Bertz CT molecular complexity index is 477. The second kappa shape index (κ2) is 5.19. The third-order valence-electron chi connectivity index (χ3n) is 4.67. The Kier molecular flexibility index (Phi) is 3.67. The van der Waals surface area contributed by atoms with Gasteiger partial charge in [0.1, 0.15) is 6.04 Å². The highest BCUT2D eigenvalue weighted by Gasteiger charge is 2.60. The number of amides is 2. The molecule has 1 heterocycles. The van der Waals surface area contributed by atoms with Gasteiger partial charge in [0.25, 0.3) is 0 Å². The Morgan fingerprint density at radius 1 is 1.35 bits per heavy atom. The van der Waals surface area contributed by atoms with Crippen LogP contribution in [-0.4, -0.2) is 40.0 Å². The van der Waals surface area contributed by atoms with Crippen molar-refractivity contribution in [2.45, 2.75) is 18.9 Å². The molecule has 20 heavy (non-hydrogen) atoms. The van der Waals surface area contributed by atoms with Gasteiger partial charge in [-0.15, -0.1) is 0 Å². The number of fused-ring (bicyclic) bond motifs is 5. The molecule has 0 aromatic carbocycles. The van der Waals surface area contributed by atoms with Crippen LogP contribution in [0, 0.1) is 23.7 Å². The minimum atomic E-state index is -0.797. The highest BCUT2D eigenvalue weighted by molar-refractivity contribution is 7.98. The maximum Gasteiger partial charge on any atom is 0.244 e. The Balaban J connectivity index is 1.86. The van der Waals surface area contributed by atoms with E-state index in [1.165, 1.54) is 0 Å². The van der Waals surface area contributed by atoms with Crippen LogP contribution in [-0.2, 0) is 14.4 Å². The molecule has 1 aliphatic heterocycles. The van der Waals surface area contributed by atoms with Gasteiger partial charge in [0, 0.05) is 0 Å². The van der Waals surface area contributed by atoms with Gasteiger partial charge in [-0.2, -0.15) is 11.8 Å². The van der Waals surface area contributed by atoms with Crippen LogP contribution >= 0.6 is 23.4 Å². The van der Waals surface area contributed by atoms with Crippen molar-refractivity contribution in [3.8, 4) is 0 Å². The second-order valence-electron chi connectivity index (χ2n) is 5.65. The summed E-state index contributed by atoms with van der Waals surface area (Å²) in [6.07, 6.45) is 7.33. The number of hydrogen-bond acceptors (Lipinski definition) is 4. The quantitative estimate of drug-likeness (QED) is 0.440. The van der Waals surface area contributed by atoms with Gasteiger partial charge in [-0.1, -0.05) is 12.2 Å². The molecule has 6 heteroatoms. The molecule has 3 aliphatic rings. The minimum absolute atomic E-state index is 0.165. The van der Waals surface area contributed by atoms with Crippen LogP contribution in [0.4, 0.5) is 0 Å². The molecule has 4 nitrogen and oxygen atoms in total. The molecule has 5 unspecified atom stereocenters. The average molecular weight is 314 g/mol. The first-order valence-corrected chi connectivity index (χ1v) is 8.57. The van der Waals surface area contributed by atoms with E-state index in [-0.39, 0.29) is 35.5 Å². The van der Waals surface area contributed by atoms with Gasteiger partial charge in [0.2, 0.25) is 17.1 Å². The van der Waals surface area contributed by atoms with Gasteiger partial charge < -0.3 is 0 Å². The summed E-state index contributed by atoms with van der Waals surface area (Å²) >= 11 is 7.20. The summed E-state index contributed by atoms with van der Waals surface area (Å²) in [6, 6.07) is -0.797. The largest absolute Gasteiger partial charge is 0.279 e. The van der Waals surface area contributed by atoms with Crippen molar-refractivity contribution in [1.29, 1.82) is 0 Å². The smallest absolute Gasteiger partial charge is 0.244 e. The van der Waals surface area contributed by atoms with Crippen LogP contribution in [0.1, 0.15) is 12.8 Å². The third kappa shape index (κ3) is 1.94. The van der Waals surface area contributed by atoms with E-state index in [1.54, 1.807) is 11.8 Å². The van der Waals surface area contributed by atoms with Gasteiger partial charge >= 0.3 is 0 Å². The van der Waals surface area contributed by atoms with Crippen molar-refractivity contribution in [3.63, 3.8) is 0 Å². The van der Waals surface area contributed by atoms with E-state index in [4.69, 9.17) is 11.6 Å². The molecule has 2 fully saturated rings. The molecule has 2 bridgehead atoms. The van der Waals surface area contributed by atoms with Gasteiger partial charge in [0.15, 0.2) is 0 Å². The first-order valence-electron chi connectivity index (χ1n) is 6.79. The third-order valence-corrected chi connectivity index (χ3v) is 5.57. The fourth-order valence-corrected chi connectivity index (χ4v) is 4.47. The maximum absolute atomic E-state index is 12.5. The van der Waals surface area contributed by atoms with Crippen LogP contribution < -0.4 is 0 Å². The Morgan fingerprint density at radius 3 is 2.35 bits per heavy atom. The summed E-state index contributed by atoms with van der Waals surface area (Å²) in [7, 11) is 0. The van der Waals surface area contributed by atoms with E-state index < -0.39 is 11.3 Å². The van der Waals surface area contributed by atoms with Crippen molar-refractivity contribution >= 4 is 40.4 Å². The number of imide groups is 1. The number of rotatable bonds is 5. The topological polar surface area (TPSA) is 54.5 Å². The molecule has 2 aliphatic carbocycles. The summed E-state index contributed by atoms with van der Waals surface area (Å²) in [5, 5.41) is -0.610. The Hall–Kier alpha value is -0.810. The summed E-state index contributed by atoms with van der Waals surface area (Å²) < 4.78 is 0. The molecular formula is C14H16ClNO3S. The SMILES string of the molecule is CSCCC(C(=O)Cl)N1C(=O)C2C3C=CC(C3)C2C1=O. The lowest BCUT2D eigenvalue weighted by atomic mass is 9.85. The zero-order chi connectivity index (χ0) is 14.4. The van der Waals surface area contributed by atoms with Crippen LogP contribution in [0.5, 0.6) is 0 Å². The number of thioether (sulfide) groups is 1. The normalized spacial score (nSPS) is 35.8. The van der Waals surface area contributed by atoms with Crippen molar-refractivity contribution in [3.05, 3.63) is 12.2 Å². The van der Waals surface area contributed by atoms with Crippen LogP contribution in [0.15, 0.2) is 12.2 Å². The fraction of sp³-hybridized carbons (Fsp3) is 0.643. The van der Waals surface area contributed by atoms with Gasteiger partial charge in [-0.3, -0.25) is 19.3 Å². The molecule has 108 valence electrons. The molecule has 0 aromatic rings. The minimum Gasteiger partial charge on any atom is -0.279 e. The lowest BCUT2D eigenvalue weighted by Crippen LogP contribution is -2.45. The predicted molar refractivity (Wildman–Crippen MR) is 77.2 cm³/mol. The Labute approximate surface area is 126 Å². The van der Waals surface area contributed by atoms with E-state index in [2.05, 4.69) is 0 Å². The van der Waals surface area contributed by atoms with Crippen LogP contribution in [0.3, 0.4) is 0 Å². The van der Waals surface area contributed by atoms with Crippen molar-refractivity contribution in [2.24, 2.45) is 23.7 Å².